The molecule has 0 aliphatic carbocycles. The highest BCUT2D eigenvalue weighted by Gasteiger charge is 2.36. The van der Waals surface area contributed by atoms with Crippen molar-refractivity contribution < 1.29 is 22.4 Å². The van der Waals surface area contributed by atoms with Crippen LogP contribution in [-0.4, -0.2) is 5.06 Å². The number of hydroxylamine groups is 2. The molecule has 0 bridgehead atoms. The first-order valence-corrected chi connectivity index (χ1v) is 7.04. The average Bonchev–Trinajstić information content (AvgIpc) is 3.04. The van der Waals surface area contributed by atoms with E-state index in [2.05, 4.69) is 0 Å². The van der Waals surface area contributed by atoms with Crippen LogP contribution in [0.3, 0.4) is 0 Å². The number of halogens is 4. The van der Waals surface area contributed by atoms with Crippen LogP contribution in [0.2, 0.25) is 5.22 Å². The molecule has 122 valence electrons. The summed E-state index contributed by atoms with van der Waals surface area (Å²) in [6, 6.07) is 7.91. The summed E-state index contributed by atoms with van der Waals surface area (Å²) in [6.45, 7) is -0.115. The van der Waals surface area contributed by atoms with Gasteiger partial charge in [0.25, 0.3) is 0 Å². The van der Waals surface area contributed by atoms with E-state index in [1.54, 1.807) is 18.2 Å². The Hall–Kier alpha value is -2.12. The van der Waals surface area contributed by atoms with Crippen molar-refractivity contribution in [1.29, 1.82) is 0 Å². The van der Waals surface area contributed by atoms with E-state index in [0.717, 1.165) is 6.07 Å². The predicted molar refractivity (Wildman–Crippen MR) is 76.8 cm³/mol. The molecule has 0 amide bonds. The highest BCUT2D eigenvalue weighted by molar-refractivity contribution is 6.28. The molecule has 0 saturated carbocycles. The number of furan rings is 1. The lowest BCUT2D eigenvalue weighted by Crippen LogP contribution is -2.24. The van der Waals surface area contributed by atoms with Gasteiger partial charge in [-0.2, -0.15) is 13.2 Å². The Bertz CT molecular complexity index is 742. The maximum Gasteiger partial charge on any atom is 0.416 e. The van der Waals surface area contributed by atoms with Gasteiger partial charge in [0.15, 0.2) is 5.22 Å². The van der Waals surface area contributed by atoms with E-state index >= 15 is 0 Å². The molecule has 1 aromatic carbocycles. The van der Waals surface area contributed by atoms with E-state index in [-0.39, 0.29) is 23.2 Å². The summed E-state index contributed by atoms with van der Waals surface area (Å²) in [5.74, 6) is 0.520. The highest BCUT2D eigenvalue weighted by Crippen LogP contribution is 2.36. The van der Waals surface area contributed by atoms with Crippen LogP contribution in [0.4, 0.5) is 13.2 Å². The minimum absolute atomic E-state index is 0.0748. The highest BCUT2D eigenvalue weighted by atomic mass is 35.5. The van der Waals surface area contributed by atoms with Gasteiger partial charge in [0, 0.05) is 6.08 Å². The lowest BCUT2D eigenvalue weighted by atomic mass is 10.1. The molecule has 2 heterocycles. The number of benzene rings is 1. The van der Waals surface area contributed by atoms with Crippen molar-refractivity contribution in [2.24, 2.45) is 5.73 Å². The van der Waals surface area contributed by atoms with E-state index in [1.165, 1.54) is 23.3 Å². The number of hydrogen-bond acceptors (Lipinski definition) is 4. The molecule has 0 spiro atoms. The fourth-order valence-electron chi connectivity index (χ4n) is 2.41. The van der Waals surface area contributed by atoms with Crippen molar-refractivity contribution in [2.45, 2.75) is 18.8 Å². The maximum absolute atomic E-state index is 13.1. The monoisotopic (exact) mass is 344 g/mol. The van der Waals surface area contributed by atoms with Crippen molar-refractivity contribution in [1.82, 2.24) is 5.06 Å². The van der Waals surface area contributed by atoms with Crippen LogP contribution in [0.25, 0.3) is 0 Å². The summed E-state index contributed by atoms with van der Waals surface area (Å²) >= 11 is 5.74. The van der Waals surface area contributed by atoms with E-state index in [9.17, 15) is 13.2 Å². The van der Waals surface area contributed by atoms with Crippen LogP contribution >= 0.6 is 11.6 Å². The fourth-order valence-corrected chi connectivity index (χ4v) is 2.56. The van der Waals surface area contributed by atoms with Crippen molar-refractivity contribution in [3.63, 3.8) is 0 Å². The Morgan fingerprint density at radius 3 is 2.57 bits per heavy atom. The van der Waals surface area contributed by atoms with Crippen LogP contribution in [0, 0.1) is 0 Å². The lowest BCUT2D eigenvalue weighted by Gasteiger charge is -2.23. The van der Waals surface area contributed by atoms with Crippen LogP contribution in [0.1, 0.15) is 22.9 Å². The lowest BCUT2D eigenvalue weighted by molar-refractivity contribution is -0.145. The molecule has 1 aliphatic rings. The van der Waals surface area contributed by atoms with Gasteiger partial charge < -0.3 is 15.0 Å². The first-order valence-electron chi connectivity index (χ1n) is 6.67. The second kappa shape index (κ2) is 5.82. The minimum Gasteiger partial charge on any atom is -0.448 e. The molecule has 0 radical (unpaired) electrons. The Morgan fingerprint density at radius 2 is 1.91 bits per heavy atom. The van der Waals surface area contributed by atoms with E-state index < -0.39 is 17.8 Å². The van der Waals surface area contributed by atoms with Crippen LogP contribution < -0.4 is 5.73 Å². The second-order valence-corrected chi connectivity index (χ2v) is 5.35. The molecule has 1 aromatic heterocycles. The van der Waals surface area contributed by atoms with Gasteiger partial charge in [-0.05, 0) is 35.4 Å². The third-order valence-corrected chi connectivity index (χ3v) is 3.59. The molecule has 0 saturated heterocycles. The SMILES string of the molecule is NC1=CC(c2ccc(Cl)o2)N(Cc2ccccc2C(F)(F)F)O1. The van der Waals surface area contributed by atoms with Gasteiger partial charge >= 0.3 is 6.18 Å². The quantitative estimate of drug-likeness (QED) is 0.904. The van der Waals surface area contributed by atoms with Gasteiger partial charge in [-0.15, -0.1) is 5.06 Å². The van der Waals surface area contributed by atoms with Gasteiger partial charge in [-0.3, -0.25) is 0 Å². The zero-order valence-corrected chi connectivity index (χ0v) is 12.4. The summed E-state index contributed by atoms with van der Waals surface area (Å²) in [7, 11) is 0. The third-order valence-electron chi connectivity index (χ3n) is 3.39. The van der Waals surface area contributed by atoms with Crippen molar-refractivity contribution in [3.8, 4) is 0 Å². The maximum atomic E-state index is 13.1. The molecule has 0 fully saturated rings. The zero-order valence-electron chi connectivity index (χ0n) is 11.7. The molecule has 8 heteroatoms. The zero-order chi connectivity index (χ0) is 16.6. The number of nitrogens with two attached hydrogens (primary N) is 1. The van der Waals surface area contributed by atoms with Gasteiger partial charge in [0.05, 0.1) is 12.1 Å². The predicted octanol–water partition coefficient (Wildman–Crippen LogP) is 4.24. The third kappa shape index (κ3) is 3.30. The molecule has 23 heavy (non-hydrogen) atoms. The Morgan fingerprint density at radius 1 is 1.17 bits per heavy atom. The van der Waals surface area contributed by atoms with Crippen LogP contribution in [0.5, 0.6) is 0 Å². The van der Waals surface area contributed by atoms with Gasteiger partial charge in [0.1, 0.15) is 11.8 Å². The van der Waals surface area contributed by atoms with Crippen molar-refractivity contribution in [2.75, 3.05) is 0 Å². The van der Waals surface area contributed by atoms with E-state index in [4.69, 9.17) is 26.6 Å². The summed E-state index contributed by atoms with van der Waals surface area (Å²) in [4.78, 5) is 5.31. The summed E-state index contributed by atoms with van der Waals surface area (Å²) in [5.41, 5.74) is 4.99. The molecule has 1 aliphatic heterocycles. The smallest absolute Gasteiger partial charge is 0.416 e. The van der Waals surface area contributed by atoms with Gasteiger partial charge in [-0.25, -0.2) is 0 Å². The molecule has 3 rings (SSSR count). The topological polar surface area (TPSA) is 51.6 Å². The molecule has 2 N–H and O–H groups in total. The number of alkyl halides is 3. The molecule has 1 atom stereocenters. The molecule has 2 aromatic rings. The molecule has 1 unspecified atom stereocenters. The number of hydrogen-bond donors (Lipinski definition) is 1. The normalized spacial score (nSPS) is 18.8. The van der Waals surface area contributed by atoms with E-state index in [1.807, 2.05) is 0 Å². The second-order valence-electron chi connectivity index (χ2n) is 4.98. The van der Waals surface area contributed by atoms with E-state index in [0.29, 0.717) is 5.76 Å². The largest absolute Gasteiger partial charge is 0.448 e. The first-order chi connectivity index (χ1) is 10.8. The summed E-state index contributed by atoms with van der Waals surface area (Å²) < 4.78 is 44.6. The molecular formula is C15H12ClF3N2O2. The minimum atomic E-state index is -4.45. The summed E-state index contributed by atoms with van der Waals surface area (Å²) in [5, 5.41) is 1.49. The fraction of sp³-hybridized carbons (Fsp3) is 0.200. The molecular weight excluding hydrogens is 333 g/mol. The number of nitrogens with zero attached hydrogens (tertiary/aromatic N) is 1. The Labute approximate surface area is 134 Å². The average molecular weight is 345 g/mol. The summed E-state index contributed by atoms with van der Waals surface area (Å²) in [6.07, 6.45) is -2.90. The van der Waals surface area contributed by atoms with Gasteiger partial charge in [0.2, 0.25) is 5.88 Å². The van der Waals surface area contributed by atoms with Crippen molar-refractivity contribution >= 4 is 11.6 Å². The standard InChI is InChI=1S/C15H12ClF3N2O2/c16-13-6-5-12(22-13)11-7-14(20)23-21(11)8-9-3-1-2-4-10(9)15(17,18)19/h1-7,11H,8,20H2. The number of rotatable bonds is 3. The first kappa shape index (κ1) is 15.8. The van der Waals surface area contributed by atoms with Gasteiger partial charge in [-0.1, -0.05) is 18.2 Å². The Kier molecular flexibility index (Phi) is 3.99. The Balaban J connectivity index is 1.88. The molecule has 4 nitrogen and oxygen atoms in total. The van der Waals surface area contributed by atoms with Crippen LogP contribution in [-0.2, 0) is 17.6 Å². The van der Waals surface area contributed by atoms with Crippen molar-refractivity contribution in [3.05, 3.63) is 70.5 Å². The van der Waals surface area contributed by atoms with Crippen LogP contribution in [0.15, 0.2) is 52.8 Å².